The summed E-state index contributed by atoms with van der Waals surface area (Å²) in [7, 11) is 1.83. The minimum atomic E-state index is -3.55. The topological polar surface area (TPSA) is 43.4 Å². The van der Waals surface area contributed by atoms with E-state index in [1.807, 2.05) is 0 Å². The van der Waals surface area contributed by atoms with Crippen molar-refractivity contribution in [3.05, 3.63) is 35.6 Å². The van der Waals surface area contributed by atoms with E-state index in [2.05, 4.69) is 0 Å². The van der Waals surface area contributed by atoms with E-state index < -0.39 is 14.5 Å². The summed E-state index contributed by atoms with van der Waals surface area (Å²) in [6, 6.07) is 6.41. The van der Waals surface area contributed by atoms with Gasteiger partial charge in [0.2, 0.25) is 9.05 Å². The summed E-state index contributed by atoms with van der Waals surface area (Å²) in [6.07, 6.45) is 3.54. The van der Waals surface area contributed by atoms with Crippen molar-refractivity contribution in [2.24, 2.45) is 5.41 Å². The molecule has 20 heavy (non-hydrogen) atoms. The van der Waals surface area contributed by atoms with Gasteiger partial charge in [-0.3, -0.25) is 0 Å². The van der Waals surface area contributed by atoms with Gasteiger partial charge in [0.15, 0.2) is 0 Å². The van der Waals surface area contributed by atoms with Crippen molar-refractivity contribution in [3.8, 4) is 0 Å². The molecule has 0 aromatic heterocycles. The number of ether oxygens (including phenoxy) is 1. The van der Waals surface area contributed by atoms with Crippen molar-refractivity contribution in [3.63, 3.8) is 0 Å². The van der Waals surface area contributed by atoms with Crippen LogP contribution in [0, 0.1) is 11.2 Å². The molecule has 0 N–H and O–H groups in total. The summed E-state index contributed by atoms with van der Waals surface area (Å²) in [4.78, 5) is 0. The van der Waals surface area contributed by atoms with Gasteiger partial charge in [-0.15, -0.1) is 0 Å². The van der Waals surface area contributed by atoms with E-state index >= 15 is 0 Å². The predicted molar refractivity (Wildman–Crippen MR) is 76.6 cm³/mol. The van der Waals surface area contributed by atoms with Crippen LogP contribution in [0.2, 0.25) is 0 Å². The molecule has 1 aromatic carbocycles. The molecule has 0 saturated heterocycles. The van der Waals surface area contributed by atoms with Crippen LogP contribution in [0.4, 0.5) is 4.39 Å². The van der Waals surface area contributed by atoms with E-state index in [-0.39, 0.29) is 18.2 Å². The molecule has 1 aliphatic rings. The maximum absolute atomic E-state index is 13.5. The Morgan fingerprint density at radius 2 is 1.90 bits per heavy atom. The second kappa shape index (κ2) is 6.41. The molecule has 0 bridgehead atoms. The van der Waals surface area contributed by atoms with Gasteiger partial charge < -0.3 is 4.74 Å². The first-order valence-corrected chi connectivity index (χ1v) is 9.12. The minimum absolute atomic E-state index is 0.0706. The summed E-state index contributed by atoms with van der Waals surface area (Å²) in [5.74, 6) is -0.378. The van der Waals surface area contributed by atoms with Gasteiger partial charge in [-0.2, -0.15) is 0 Å². The van der Waals surface area contributed by atoms with Gasteiger partial charge in [0.05, 0.1) is 19.0 Å². The van der Waals surface area contributed by atoms with Gasteiger partial charge in [0.1, 0.15) is 5.82 Å². The van der Waals surface area contributed by atoms with E-state index in [1.54, 1.807) is 18.2 Å². The molecule has 2 rings (SSSR count). The summed E-state index contributed by atoms with van der Waals surface area (Å²) in [5, 5.41) is 0. The normalized spacial score (nSPS) is 18.3. The molecule has 0 amide bonds. The Bertz CT molecular complexity index is 553. The fourth-order valence-corrected chi connectivity index (χ4v) is 4.61. The maximum Gasteiger partial charge on any atom is 0.233 e. The first-order chi connectivity index (χ1) is 9.40. The van der Waals surface area contributed by atoms with E-state index in [4.69, 9.17) is 15.4 Å². The van der Waals surface area contributed by atoms with Crippen LogP contribution in [0.1, 0.15) is 31.2 Å². The number of halogens is 2. The highest BCUT2D eigenvalue weighted by atomic mass is 35.7. The number of benzene rings is 1. The van der Waals surface area contributed by atoms with Crippen LogP contribution in [-0.4, -0.2) is 20.8 Å². The monoisotopic (exact) mass is 320 g/mol. The third-order valence-electron chi connectivity index (χ3n) is 3.77. The lowest BCUT2D eigenvalue weighted by Gasteiger charge is -2.27. The van der Waals surface area contributed by atoms with E-state index in [0.717, 1.165) is 25.7 Å². The number of rotatable bonds is 6. The fraction of sp³-hybridized carbons (Fsp3) is 0.571. The smallest absolute Gasteiger partial charge is 0.233 e. The zero-order valence-corrected chi connectivity index (χ0v) is 12.7. The van der Waals surface area contributed by atoms with Crippen LogP contribution in [-0.2, 0) is 20.4 Å². The first kappa shape index (κ1) is 15.7. The van der Waals surface area contributed by atoms with Crippen LogP contribution in [0.3, 0.4) is 0 Å². The molecule has 0 aliphatic heterocycles. The van der Waals surface area contributed by atoms with Crippen molar-refractivity contribution in [2.75, 3.05) is 12.4 Å². The Morgan fingerprint density at radius 1 is 1.25 bits per heavy atom. The quantitative estimate of drug-likeness (QED) is 0.754. The highest BCUT2D eigenvalue weighted by Gasteiger charge is 2.38. The highest BCUT2D eigenvalue weighted by molar-refractivity contribution is 8.13. The fourth-order valence-electron chi connectivity index (χ4n) is 2.81. The molecule has 0 radical (unpaired) electrons. The summed E-state index contributed by atoms with van der Waals surface area (Å²) >= 11 is 0. The zero-order chi connectivity index (χ0) is 14.6. The van der Waals surface area contributed by atoms with Crippen molar-refractivity contribution >= 4 is 19.7 Å². The third kappa shape index (κ3) is 4.43. The molecule has 1 fully saturated rings. The lowest BCUT2D eigenvalue weighted by Crippen LogP contribution is -2.30. The number of hydrogen-bond donors (Lipinski definition) is 0. The van der Waals surface area contributed by atoms with Gasteiger partial charge in [-0.25, -0.2) is 12.8 Å². The molecule has 6 heteroatoms. The molecule has 3 nitrogen and oxygen atoms in total. The molecule has 0 heterocycles. The maximum atomic E-state index is 13.5. The summed E-state index contributed by atoms with van der Waals surface area (Å²) < 4.78 is 41.7. The largest absolute Gasteiger partial charge is 0.376 e. The highest BCUT2D eigenvalue weighted by Crippen LogP contribution is 2.40. The van der Waals surface area contributed by atoms with Crippen LogP contribution in [0.5, 0.6) is 0 Å². The lowest BCUT2D eigenvalue weighted by atomic mass is 9.90. The van der Waals surface area contributed by atoms with Crippen molar-refractivity contribution in [2.45, 2.75) is 32.3 Å². The Kier molecular flexibility index (Phi) is 5.04. The van der Waals surface area contributed by atoms with E-state index in [1.165, 1.54) is 6.07 Å². The van der Waals surface area contributed by atoms with E-state index in [0.29, 0.717) is 12.2 Å². The minimum Gasteiger partial charge on any atom is -0.376 e. The van der Waals surface area contributed by atoms with Crippen LogP contribution >= 0.6 is 10.7 Å². The lowest BCUT2D eigenvalue weighted by molar-refractivity contribution is 0.0460. The molecule has 0 unspecified atom stereocenters. The molecule has 1 aromatic rings. The van der Waals surface area contributed by atoms with Gasteiger partial charge in [-0.05, 0) is 18.9 Å². The summed E-state index contributed by atoms with van der Waals surface area (Å²) in [6.45, 7) is 0.448. The standard InChI is InChI=1S/C14H18ClFO3S/c15-20(17,18)11-14(7-3-4-8-14)10-19-9-12-5-1-2-6-13(12)16/h1-2,5-6H,3-4,7-11H2. The Labute approximate surface area is 123 Å². The Morgan fingerprint density at radius 3 is 2.50 bits per heavy atom. The molecule has 1 aliphatic carbocycles. The van der Waals surface area contributed by atoms with Gasteiger partial charge in [0.25, 0.3) is 0 Å². The summed E-state index contributed by atoms with van der Waals surface area (Å²) in [5.41, 5.74) is 0.0700. The van der Waals surface area contributed by atoms with Crippen molar-refractivity contribution < 1.29 is 17.5 Å². The molecular formula is C14H18ClFO3S. The molecule has 0 atom stereocenters. The van der Waals surface area contributed by atoms with Gasteiger partial charge in [-0.1, -0.05) is 31.0 Å². The molecule has 112 valence electrons. The SMILES string of the molecule is O=S(=O)(Cl)CC1(COCc2ccccc2F)CCCC1. The average Bonchev–Trinajstić information content (AvgIpc) is 2.78. The predicted octanol–water partition coefficient (Wildman–Crippen LogP) is 3.47. The average molecular weight is 321 g/mol. The van der Waals surface area contributed by atoms with Crippen LogP contribution in [0.25, 0.3) is 0 Å². The second-order valence-electron chi connectivity index (χ2n) is 5.47. The third-order valence-corrected chi connectivity index (χ3v) is 5.05. The second-order valence-corrected chi connectivity index (χ2v) is 8.25. The van der Waals surface area contributed by atoms with E-state index in [9.17, 15) is 12.8 Å². The van der Waals surface area contributed by atoms with Crippen LogP contribution < -0.4 is 0 Å². The number of hydrogen-bond acceptors (Lipinski definition) is 3. The Hall–Kier alpha value is -0.650. The van der Waals surface area contributed by atoms with Gasteiger partial charge >= 0.3 is 0 Å². The zero-order valence-electron chi connectivity index (χ0n) is 11.1. The van der Waals surface area contributed by atoms with Crippen molar-refractivity contribution in [1.82, 2.24) is 0 Å². The molecule has 0 spiro atoms. The van der Waals surface area contributed by atoms with Crippen LogP contribution in [0.15, 0.2) is 24.3 Å². The first-order valence-electron chi connectivity index (χ1n) is 6.64. The Balaban J connectivity index is 1.95. The molecule has 1 saturated carbocycles. The van der Waals surface area contributed by atoms with Crippen molar-refractivity contribution in [1.29, 1.82) is 0 Å². The molecular weight excluding hydrogens is 303 g/mol. The van der Waals surface area contributed by atoms with Gasteiger partial charge in [0, 0.05) is 21.7 Å².